The molecule has 0 unspecified atom stereocenters. The van der Waals surface area contributed by atoms with Crippen LogP contribution in [0.4, 0.5) is 5.69 Å². The highest BCUT2D eigenvalue weighted by Crippen LogP contribution is 2.19. The lowest BCUT2D eigenvalue weighted by atomic mass is 10.2. The van der Waals surface area contributed by atoms with Crippen molar-refractivity contribution in [3.8, 4) is 0 Å². The quantitative estimate of drug-likeness (QED) is 0.687. The van der Waals surface area contributed by atoms with Crippen LogP contribution in [0.5, 0.6) is 0 Å². The number of methoxy groups -OCH3 is 1. The predicted molar refractivity (Wildman–Crippen MR) is 89.8 cm³/mol. The minimum absolute atomic E-state index is 0.00846. The molecule has 0 aliphatic heterocycles. The zero-order valence-electron chi connectivity index (χ0n) is 13.0. The van der Waals surface area contributed by atoms with Crippen molar-refractivity contribution in [2.45, 2.75) is 13.5 Å². The summed E-state index contributed by atoms with van der Waals surface area (Å²) >= 11 is 3.39. The van der Waals surface area contributed by atoms with Gasteiger partial charge in [0.1, 0.15) is 6.54 Å². The van der Waals surface area contributed by atoms with Gasteiger partial charge in [-0.3, -0.25) is 14.3 Å². The molecule has 0 bridgehead atoms. The number of nitrogens with zero attached hydrogens (tertiary/aromatic N) is 4. The van der Waals surface area contributed by atoms with Gasteiger partial charge in [0.2, 0.25) is 0 Å². The van der Waals surface area contributed by atoms with Crippen LogP contribution in [-0.4, -0.2) is 38.4 Å². The lowest BCUT2D eigenvalue weighted by Crippen LogP contribution is -2.15. The zero-order valence-corrected chi connectivity index (χ0v) is 14.6. The Morgan fingerprint density at radius 3 is 2.83 bits per heavy atom. The maximum atomic E-state index is 12.4. The maximum Gasteiger partial charge on any atom is 0.327 e. The second-order valence-electron chi connectivity index (χ2n) is 5.07. The Kier molecular flexibility index (Phi) is 4.34. The van der Waals surface area contributed by atoms with Gasteiger partial charge < -0.3 is 10.1 Å². The predicted octanol–water partition coefficient (Wildman–Crippen LogP) is 2.03. The van der Waals surface area contributed by atoms with Crippen molar-refractivity contribution >= 4 is 39.0 Å². The molecule has 9 heteroatoms. The highest BCUT2D eigenvalue weighted by molar-refractivity contribution is 9.10. The molecule has 0 aromatic carbocycles. The van der Waals surface area contributed by atoms with Gasteiger partial charge in [0, 0.05) is 6.20 Å². The Morgan fingerprint density at radius 1 is 1.29 bits per heavy atom. The maximum absolute atomic E-state index is 12.4. The van der Waals surface area contributed by atoms with Gasteiger partial charge in [-0.1, -0.05) is 0 Å². The number of nitrogens with one attached hydrogen (secondary N) is 1. The number of halogens is 1. The second-order valence-corrected chi connectivity index (χ2v) is 5.93. The first-order chi connectivity index (χ1) is 11.5. The second kappa shape index (κ2) is 6.44. The van der Waals surface area contributed by atoms with Gasteiger partial charge in [-0.25, -0.2) is 4.52 Å². The van der Waals surface area contributed by atoms with Crippen LogP contribution in [0.15, 0.2) is 35.2 Å². The number of hydrogen-bond acceptors (Lipinski definition) is 5. The van der Waals surface area contributed by atoms with E-state index in [4.69, 9.17) is 0 Å². The number of ether oxygens (including phenoxy) is 1. The molecule has 1 amide bonds. The minimum Gasteiger partial charge on any atom is -0.468 e. The highest BCUT2D eigenvalue weighted by atomic mass is 79.9. The van der Waals surface area contributed by atoms with E-state index in [1.807, 2.05) is 0 Å². The van der Waals surface area contributed by atoms with E-state index in [9.17, 15) is 9.59 Å². The fraction of sp³-hybridized carbons (Fsp3) is 0.200. The van der Waals surface area contributed by atoms with E-state index in [-0.39, 0.29) is 12.5 Å². The van der Waals surface area contributed by atoms with Crippen molar-refractivity contribution in [2.75, 3.05) is 12.4 Å². The number of hydrogen-bond donors (Lipinski definition) is 1. The Morgan fingerprint density at radius 2 is 2.08 bits per heavy atom. The molecule has 0 fully saturated rings. The van der Waals surface area contributed by atoms with E-state index < -0.39 is 5.97 Å². The monoisotopic (exact) mass is 391 g/mol. The first-order valence-corrected chi connectivity index (χ1v) is 7.82. The fourth-order valence-corrected chi connectivity index (χ4v) is 2.60. The van der Waals surface area contributed by atoms with Gasteiger partial charge >= 0.3 is 5.97 Å². The van der Waals surface area contributed by atoms with Crippen LogP contribution in [0.3, 0.4) is 0 Å². The Labute approximate surface area is 145 Å². The number of fused-ring (bicyclic) bond motifs is 1. The van der Waals surface area contributed by atoms with Crippen LogP contribution in [0.1, 0.15) is 16.1 Å². The van der Waals surface area contributed by atoms with Crippen LogP contribution < -0.4 is 5.32 Å². The molecule has 3 rings (SSSR count). The topological polar surface area (TPSA) is 90.5 Å². The van der Waals surface area contributed by atoms with Crippen LogP contribution in [-0.2, 0) is 16.1 Å². The van der Waals surface area contributed by atoms with Crippen molar-refractivity contribution in [2.24, 2.45) is 0 Å². The van der Waals surface area contributed by atoms with Crippen molar-refractivity contribution < 1.29 is 14.3 Å². The average Bonchev–Trinajstić information content (AvgIpc) is 3.12. The summed E-state index contributed by atoms with van der Waals surface area (Å²) < 4.78 is 8.55. The summed E-state index contributed by atoms with van der Waals surface area (Å²) in [6, 6.07) is 3.52. The van der Waals surface area contributed by atoms with Crippen LogP contribution in [0.2, 0.25) is 0 Å². The van der Waals surface area contributed by atoms with Crippen LogP contribution in [0, 0.1) is 6.92 Å². The van der Waals surface area contributed by atoms with Crippen molar-refractivity contribution in [3.63, 3.8) is 0 Å². The molecular weight excluding hydrogens is 378 g/mol. The molecule has 0 atom stereocenters. The van der Waals surface area contributed by atoms with E-state index in [1.54, 1.807) is 36.0 Å². The third kappa shape index (κ3) is 3.02. The van der Waals surface area contributed by atoms with Crippen LogP contribution in [0.25, 0.3) is 5.52 Å². The summed E-state index contributed by atoms with van der Waals surface area (Å²) in [6.45, 7) is 1.75. The summed E-state index contributed by atoms with van der Waals surface area (Å²) in [7, 11) is 1.31. The molecule has 24 heavy (non-hydrogen) atoms. The molecule has 124 valence electrons. The summed E-state index contributed by atoms with van der Waals surface area (Å²) in [5.74, 6) is -0.696. The Hall–Kier alpha value is -2.68. The zero-order chi connectivity index (χ0) is 17.3. The molecule has 0 spiro atoms. The van der Waals surface area contributed by atoms with Crippen molar-refractivity contribution in [1.29, 1.82) is 0 Å². The molecule has 0 radical (unpaired) electrons. The van der Waals surface area contributed by atoms with Crippen molar-refractivity contribution in [1.82, 2.24) is 19.4 Å². The summed E-state index contributed by atoms with van der Waals surface area (Å²) in [5.41, 5.74) is 2.52. The molecule has 3 aromatic rings. The van der Waals surface area contributed by atoms with Crippen LogP contribution >= 0.6 is 15.9 Å². The Balaban J connectivity index is 1.79. The third-order valence-corrected chi connectivity index (χ3v) is 4.20. The first-order valence-electron chi connectivity index (χ1n) is 7.03. The summed E-state index contributed by atoms with van der Waals surface area (Å²) in [6.07, 6.45) is 4.81. The molecule has 0 aliphatic rings. The molecule has 0 saturated heterocycles. The third-order valence-electron chi connectivity index (χ3n) is 3.59. The number of anilines is 1. The SMILES string of the molecule is COC(=O)Cn1ncc(NC(=O)c2ccc3c(Br)cnn3c2)c1C. The van der Waals surface area contributed by atoms with Gasteiger partial charge in [0.15, 0.2) is 0 Å². The molecular formula is C15H14BrN5O3. The van der Waals surface area contributed by atoms with E-state index in [0.29, 0.717) is 16.9 Å². The standard InChI is InChI=1S/C15H14BrN5O3/c1-9-12(6-18-20(9)8-14(22)24-2)19-15(23)10-3-4-13-11(16)5-17-21(13)7-10/h3-7H,8H2,1-2H3,(H,19,23). The fourth-order valence-electron chi connectivity index (χ4n) is 2.20. The molecule has 3 aromatic heterocycles. The summed E-state index contributed by atoms with van der Waals surface area (Å²) in [5, 5.41) is 11.0. The number of amides is 1. The molecule has 0 aliphatic carbocycles. The molecule has 8 nitrogen and oxygen atoms in total. The highest BCUT2D eigenvalue weighted by Gasteiger charge is 2.14. The lowest BCUT2D eigenvalue weighted by Gasteiger charge is -2.06. The van der Waals surface area contributed by atoms with E-state index in [0.717, 1.165) is 9.99 Å². The van der Waals surface area contributed by atoms with Gasteiger partial charge in [-0.15, -0.1) is 0 Å². The van der Waals surface area contributed by atoms with E-state index in [2.05, 4.69) is 36.2 Å². The smallest absolute Gasteiger partial charge is 0.327 e. The number of carbonyl (C=O) groups excluding carboxylic acids is 2. The van der Waals surface area contributed by atoms with Gasteiger partial charge in [-0.2, -0.15) is 10.2 Å². The molecule has 1 N–H and O–H groups in total. The minimum atomic E-state index is -0.409. The van der Waals surface area contributed by atoms with E-state index in [1.165, 1.54) is 18.0 Å². The average molecular weight is 392 g/mol. The Bertz CT molecular complexity index is 930. The lowest BCUT2D eigenvalue weighted by molar-refractivity contribution is -0.141. The number of carbonyl (C=O) groups is 2. The van der Waals surface area contributed by atoms with Gasteiger partial charge in [0.25, 0.3) is 5.91 Å². The number of esters is 1. The molecule has 3 heterocycles. The number of aromatic nitrogens is 4. The normalized spacial score (nSPS) is 10.8. The van der Waals surface area contributed by atoms with E-state index >= 15 is 0 Å². The first kappa shape index (κ1) is 16.2. The molecule has 0 saturated carbocycles. The number of pyridine rings is 1. The van der Waals surface area contributed by atoms with Gasteiger partial charge in [0.05, 0.1) is 46.4 Å². The number of rotatable bonds is 4. The largest absolute Gasteiger partial charge is 0.468 e. The summed E-state index contributed by atoms with van der Waals surface area (Å²) in [4.78, 5) is 23.7. The van der Waals surface area contributed by atoms with Crippen molar-refractivity contribution in [3.05, 3.63) is 46.5 Å². The van der Waals surface area contributed by atoms with Gasteiger partial charge in [-0.05, 0) is 35.0 Å².